The van der Waals surface area contributed by atoms with E-state index >= 15 is 0 Å². The van der Waals surface area contributed by atoms with Crippen LogP contribution in [-0.4, -0.2) is 36.2 Å². The molecule has 0 saturated heterocycles. The number of aromatic nitrogens is 2. The van der Waals surface area contributed by atoms with Gasteiger partial charge in [-0.15, -0.1) is 0 Å². The summed E-state index contributed by atoms with van der Waals surface area (Å²) in [6, 6.07) is -0.217. The first-order valence-electron chi connectivity index (χ1n) is 5.03. The number of nitrogens with one attached hydrogen (secondary N) is 2. The molecule has 0 saturated carbocycles. The molecule has 0 radical (unpaired) electrons. The van der Waals surface area contributed by atoms with E-state index in [-0.39, 0.29) is 29.7 Å². The molecule has 0 fully saturated rings. The average Bonchev–Trinajstić information content (AvgIpc) is 2.29. The molecule has 0 aliphatic heterocycles. The van der Waals surface area contributed by atoms with Crippen LogP contribution in [0.15, 0.2) is 11.1 Å². The Hall–Kier alpha value is -2.05. The SMILES string of the molecule is COC(=O)CC(C)Nc1nc[nH]c(=O)c1OC. The van der Waals surface area contributed by atoms with Gasteiger partial charge in [-0.1, -0.05) is 0 Å². The first-order valence-corrected chi connectivity index (χ1v) is 5.03. The maximum absolute atomic E-state index is 11.4. The Bertz CT molecular complexity index is 443. The highest BCUT2D eigenvalue weighted by Gasteiger charge is 2.14. The van der Waals surface area contributed by atoms with E-state index in [1.54, 1.807) is 6.92 Å². The van der Waals surface area contributed by atoms with Crippen LogP contribution >= 0.6 is 0 Å². The zero-order valence-electron chi connectivity index (χ0n) is 9.94. The van der Waals surface area contributed by atoms with Gasteiger partial charge in [0, 0.05) is 6.04 Å². The van der Waals surface area contributed by atoms with E-state index in [2.05, 4.69) is 20.0 Å². The van der Waals surface area contributed by atoms with Crippen molar-refractivity contribution in [2.24, 2.45) is 0 Å². The molecule has 1 rings (SSSR count). The Kier molecular flexibility index (Phi) is 4.50. The largest absolute Gasteiger partial charge is 0.489 e. The summed E-state index contributed by atoms with van der Waals surface area (Å²) in [5, 5.41) is 2.91. The molecular weight excluding hydrogens is 226 g/mol. The number of aromatic amines is 1. The molecule has 0 aliphatic rings. The summed E-state index contributed by atoms with van der Waals surface area (Å²) in [7, 11) is 2.70. The number of methoxy groups -OCH3 is 2. The maximum atomic E-state index is 11.4. The number of ether oxygens (including phenoxy) is 2. The first-order chi connectivity index (χ1) is 8.08. The van der Waals surface area contributed by atoms with Crippen molar-refractivity contribution >= 4 is 11.8 Å². The highest BCUT2D eigenvalue weighted by molar-refractivity contribution is 5.70. The molecule has 1 unspecified atom stereocenters. The molecule has 0 aromatic carbocycles. The molecule has 0 spiro atoms. The van der Waals surface area contributed by atoms with Crippen molar-refractivity contribution in [3.05, 3.63) is 16.7 Å². The summed E-state index contributed by atoms with van der Waals surface area (Å²) in [6.07, 6.45) is 1.44. The van der Waals surface area contributed by atoms with Crippen LogP contribution in [-0.2, 0) is 9.53 Å². The zero-order chi connectivity index (χ0) is 12.8. The fourth-order valence-corrected chi connectivity index (χ4v) is 1.30. The normalized spacial score (nSPS) is 11.7. The van der Waals surface area contributed by atoms with Gasteiger partial charge < -0.3 is 19.8 Å². The average molecular weight is 241 g/mol. The van der Waals surface area contributed by atoms with E-state index < -0.39 is 0 Å². The number of hydrogen-bond acceptors (Lipinski definition) is 6. The van der Waals surface area contributed by atoms with E-state index in [1.165, 1.54) is 20.5 Å². The fourth-order valence-electron chi connectivity index (χ4n) is 1.30. The number of rotatable bonds is 5. The van der Waals surface area contributed by atoms with Crippen molar-refractivity contribution in [2.45, 2.75) is 19.4 Å². The lowest BCUT2D eigenvalue weighted by atomic mass is 10.2. The van der Waals surface area contributed by atoms with Crippen LogP contribution in [0.5, 0.6) is 5.75 Å². The molecule has 2 N–H and O–H groups in total. The molecule has 1 aromatic heterocycles. The van der Waals surface area contributed by atoms with Crippen LogP contribution in [0.3, 0.4) is 0 Å². The number of H-pyrrole nitrogens is 1. The van der Waals surface area contributed by atoms with Gasteiger partial charge in [-0.05, 0) is 6.92 Å². The summed E-state index contributed by atoms with van der Waals surface area (Å²) < 4.78 is 9.46. The molecule has 1 aromatic rings. The third-order valence-electron chi connectivity index (χ3n) is 2.10. The van der Waals surface area contributed by atoms with Gasteiger partial charge in [0.25, 0.3) is 5.56 Å². The molecule has 0 bridgehead atoms. The minimum atomic E-state index is -0.379. The molecule has 0 amide bonds. The summed E-state index contributed by atoms with van der Waals surface area (Å²) >= 11 is 0. The van der Waals surface area contributed by atoms with Crippen LogP contribution in [0.2, 0.25) is 0 Å². The summed E-state index contributed by atoms with van der Waals surface area (Å²) in [4.78, 5) is 28.8. The molecule has 7 heteroatoms. The Balaban J connectivity index is 2.78. The smallest absolute Gasteiger partial charge is 0.307 e. The Morgan fingerprint density at radius 2 is 2.29 bits per heavy atom. The topological polar surface area (TPSA) is 93.3 Å². The van der Waals surface area contributed by atoms with Crippen molar-refractivity contribution in [1.82, 2.24) is 9.97 Å². The summed E-state index contributed by atoms with van der Waals surface area (Å²) in [5.74, 6) is 0.0469. The molecule has 7 nitrogen and oxygen atoms in total. The molecule has 1 atom stereocenters. The lowest BCUT2D eigenvalue weighted by Gasteiger charge is -2.14. The maximum Gasteiger partial charge on any atom is 0.307 e. The molecule has 94 valence electrons. The number of carbonyl (C=O) groups excluding carboxylic acids is 1. The number of esters is 1. The lowest BCUT2D eigenvalue weighted by Crippen LogP contribution is -2.23. The van der Waals surface area contributed by atoms with Gasteiger partial charge in [-0.25, -0.2) is 4.98 Å². The third-order valence-corrected chi connectivity index (χ3v) is 2.10. The van der Waals surface area contributed by atoms with Crippen molar-refractivity contribution in [1.29, 1.82) is 0 Å². The molecular formula is C10H15N3O4. The number of anilines is 1. The Morgan fingerprint density at radius 1 is 1.59 bits per heavy atom. The van der Waals surface area contributed by atoms with E-state index in [9.17, 15) is 9.59 Å². The van der Waals surface area contributed by atoms with Gasteiger partial charge >= 0.3 is 5.97 Å². The Morgan fingerprint density at radius 3 is 2.88 bits per heavy atom. The van der Waals surface area contributed by atoms with Crippen LogP contribution in [0.25, 0.3) is 0 Å². The fraction of sp³-hybridized carbons (Fsp3) is 0.500. The minimum absolute atomic E-state index is 0.0872. The second-order valence-corrected chi connectivity index (χ2v) is 3.44. The standard InChI is InChI=1S/C10H15N3O4/c1-6(4-7(14)16-2)13-9-8(17-3)10(15)12-5-11-9/h5-6H,4H2,1-3H3,(H2,11,12,13,15). The van der Waals surface area contributed by atoms with Crippen LogP contribution in [0.1, 0.15) is 13.3 Å². The molecule has 1 heterocycles. The second-order valence-electron chi connectivity index (χ2n) is 3.44. The van der Waals surface area contributed by atoms with E-state index in [1.807, 2.05) is 0 Å². The number of carbonyl (C=O) groups is 1. The highest BCUT2D eigenvalue weighted by atomic mass is 16.5. The first kappa shape index (κ1) is 13.0. The summed E-state index contributed by atoms with van der Waals surface area (Å²) in [6.45, 7) is 1.78. The molecule has 17 heavy (non-hydrogen) atoms. The predicted octanol–water partition coefficient (Wildman–Crippen LogP) is 0.142. The van der Waals surface area contributed by atoms with E-state index in [4.69, 9.17) is 4.74 Å². The quantitative estimate of drug-likeness (QED) is 0.712. The third kappa shape index (κ3) is 3.47. The number of hydrogen-bond donors (Lipinski definition) is 2. The van der Waals surface area contributed by atoms with Crippen molar-refractivity contribution in [2.75, 3.05) is 19.5 Å². The second kappa shape index (κ2) is 5.88. The monoisotopic (exact) mass is 241 g/mol. The van der Waals surface area contributed by atoms with Crippen LogP contribution < -0.4 is 15.6 Å². The van der Waals surface area contributed by atoms with Gasteiger partial charge in [0.05, 0.1) is 27.0 Å². The van der Waals surface area contributed by atoms with Crippen LogP contribution in [0, 0.1) is 0 Å². The summed E-state index contributed by atoms with van der Waals surface area (Å²) in [5.41, 5.74) is -0.379. The van der Waals surface area contributed by atoms with Crippen LogP contribution in [0.4, 0.5) is 5.82 Å². The van der Waals surface area contributed by atoms with Gasteiger partial charge in [-0.2, -0.15) is 0 Å². The van der Waals surface area contributed by atoms with E-state index in [0.717, 1.165) is 0 Å². The van der Waals surface area contributed by atoms with Crippen molar-refractivity contribution in [3.8, 4) is 5.75 Å². The van der Waals surface area contributed by atoms with Crippen molar-refractivity contribution < 1.29 is 14.3 Å². The zero-order valence-corrected chi connectivity index (χ0v) is 9.94. The molecule has 0 aliphatic carbocycles. The van der Waals surface area contributed by atoms with Gasteiger partial charge in [0.1, 0.15) is 0 Å². The van der Waals surface area contributed by atoms with E-state index in [0.29, 0.717) is 5.82 Å². The highest BCUT2D eigenvalue weighted by Crippen LogP contribution is 2.16. The Labute approximate surface area is 98.2 Å². The van der Waals surface area contributed by atoms with Gasteiger partial charge in [0.2, 0.25) is 5.75 Å². The minimum Gasteiger partial charge on any atom is -0.489 e. The lowest BCUT2D eigenvalue weighted by molar-refractivity contribution is -0.140. The van der Waals surface area contributed by atoms with Crippen molar-refractivity contribution in [3.63, 3.8) is 0 Å². The van der Waals surface area contributed by atoms with Gasteiger partial charge in [0.15, 0.2) is 5.82 Å². The van der Waals surface area contributed by atoms with Gasteiger partial charge in [-0.3, -0.25) is 9.59 Å². The number of nitrogens with zero attached hydrogens (tertiary/aromatic N) is 1. The predicted molar refractivity (Wildman–Crippen MR) is 61.1 cm³/mol.